The normalized spacial score (nSPS) is 21.6. The maximum absolute atomic E-state index is 12.9. The molecule has 0 aliphatic carbocycles. The van der Waals surface area contributed by atoms with Crippen LogP contribution in [0, 0.1) is 12.7 Å². The van der Waals surface area contributed by atoms with Crippen LogP contribution in [0.4, 0.5) is 4.39 Å². The minimum absolute atomic E-state index is 0.132. The predicted molar refractivity (Wildman–Crippen MR) is 60.5 cm³/mol. The number of nitrogens with one attached hydrogen (secondary N) is 1. The third-order valence-corrected chi connectivity index (χ3v) is 3.18. The molecule has 1 aromatic rings. The molecule has 15 heavy (non-hydrogen) atoms. The molecule has 0 aromatic heterocycles. The average Bonchev–Trinajstić information content (AvgIpc) is 2.24. The monoisotopic (exact) mass is 207 g/mol. The summed E-state index contributed by atoms with van der Waals surface area (Å²) >= 11 is 0. The molecule has 1 unspecified atom stereocenters. The molecule has 1 N–H and O–H groups in total. The first kappa shape index (κ1) is 10.6. The van der Waals surface area contributed by atoms with E-state index in [1.807, 2.05) is 13.0 Å². The highest BCUT2D eigenvalue weighted by Crippen LogP contribution is 2.16. The molecule has 1 nitrogen and oxygen atoms in total. The minimum Gasteiger partial charge on any atom is -0.314 e. The Morgan fingerprint density at radius 2 is 2.27 bits per heavy atom. The molecular formula is C13H18FN. The zero-order valence-corrected chi connectivity index (χ0v) is 9.22. The molecule has 0 bridgehead atoms. The maximum atomic E-state index is 12.9. The van der Waals surface area contributed by atoms with E-state index in [1.54, 1.807) is 12.1 Å². The van der Waals surface area contributed by atoms with Crippen LogP contribution in [0.25, 0.3) is 0 Å². The van der Waals surface area contributed by atoms with Crippen molar-refractivity contribution in [1.82, 2.24) is 5.32 Å². The first-order chi connectivity index (χ1) is 7.25. The summed E-state index contributed by atoms with van der Waals surface area (Å²) < 4.78 is 12.9. The number of benzene rings is 1. The first-order valence-corrected chi connectivity index (χ1v) is 5.74. The van der Waals surface area contributed by atoms with Crippen LogP contribution in [-0.4, -0.2) is 12.6 Å². The standard InChI is InChI=1S/C13H18FN/c1-10-8-12(14)6-5-11(10)9-13-4-2-3-7-15-13/h5-6,8,13,15H,2-4,7,9H2,1H3. The molecule has 1 aromatic carbocycles. The van der Waals surface area contributed by atoms with Crippen LogP contribution < -0.4 is 5.32 Å². The number of hydrogen-bond acceptors (Lipinski definition) is 1. The van der Waals surface area contributed by atoms with Crippen molar-refractivity contribution in [3.63, 3.8) is 0 Å². The maximum Gasteiger partial charge on any atom is 0.123 e. The van der Waals surface area contributed by atoms with Gasteiger partial charge in [-0.3, -0.25) is 0 Å². The van der Waals surface area contributed by atoms with Crippen LogP contribution in [-0.2, 0) is 6.42 Å². The van der Waals surface area contributed by atoms with Crippen LogP contribution in [0.3, 0.4) is 0 Å². The second kappa shape index (κ2) is 4.75. The zero-order valence-electron chi connectivity index (χ0n) is 9.22. The van der Waals surface area contributed by atoms with Crippen LogP contribution in [0.5, 0.6) is 0 Å². The predicted octanol–water partition coefficient (Wildman–Crippen LogP) is 2.82. The Morgan fingerprint density at radius 3 is 2.93 bits per heavy atom. The minimum atomic E-state index is -0.132. The molecule has 2 rings (SSSR count). The van der Waals surface area contributed by atoms with Gasteiger partial charge >= 0.3 is 0 Å². The van der Waals surface area contributed by atoms with Crippen LogP contribution in [0.1, 0.15) is 30.4 Å². The lowest BCUT2D eigenvalue weighted by Gasteiger charge is -2.24. The van der Waals surface area contributed by atoms with Gasteiger partial charge in [0, 0.05) is 6.04 Å². The smallest absolute Gasteiger partial charge is 0.123 e. The highest BCUT2D eigenvalue weighted by atomic mass is 19.1. The molecule has 1 saturated heterocycles. The second-order valence-corrected chi connectivity index (χ2v) is 4.42. The molecule has 1 aliphatic rings. The van der Waals surface area contributed by atoms with Gasteiger partial charge in [-0.15, -0.1) is 0 Å². The molecular weight excluding hydrogens is 189 g/mol. The fraction of sp³-hybridized carbons (Fsp3) is 0.538. The Balaban J connectivity index is 2.03. The van der Waals surface area contributed by atoms with Crippen molar-refractivity contribution < 1.29 is 4.39 Å². The number of piperidine rings is 1. The number of rotatable bonds is 2. The summed E-state index contributed by atoms with van der Waals surface area (Å²) in [6, 6.07) is 5.69. The molecule has 0 spiro atoms. The van der Waals surface area contributed by atoms with Crippen molar-refractivity contribution in [2.75, 3.05) is 6.54 Å². The second-order valence-electron chi connectivity index (χ2n) is 4.42. The molecule has 1 atom stereocenters. The van der Waals surface area contributed by atoms with Crippen LogP contribution >= 0.6 is 0 Å². The summed E-state index contributed by atoms with van der Waals surface area (Å²) in [4.78, 5) is 0. The summed E-state index contributed by atoms with van der Waals surface area (Å²) in [5.41, 5.74) is 2.35. The van der Waals surface area contributed by atoms with Crippen molar-refractivity contribution in [2.24, 2.45) is 0 Å². The van der Waals surface area contributed by atoms with E-state index < -0.39 is 0 Å². The fourth-order valence-corrected chi connectivity index (χ4v) is 2.25. The zero-order chi connectivity index (χ0) is 10.7. The van der Waals surface area contributed by atoms with Gasteiger partial charge in [0.2, 0.25) is 0 Å². The molecule has 1 aliphatic heterocycles. The van der Waals surface area contributed by atoms with Gasteiger partial charge in [0.15, 0.2) is 0 Å². The Kier molecular flexibility index (Phi) is 3.37. The van der Waals surface area contributed by atoms with E-state index in [4.69, 9.17) is 0 Å². The third kappa shape index (κ3) is 2.78. The van der Waals surface area contributed by atoms with Gasteiger partial charge in [0.25, 0.3) is 0 Å². The molecule has 0 saturated carbocycles. The topological polar surface area (TPSA) is 12.0 Å². The van der Waals surface area contributed by atoms with Crippen molar-refractivity contribution in [1.29, 1.82) is 0 Å². The molecule has 1 fully saturated rings. The fourth-order valence-electron chi connectivity index (χ4n) is 2.25. The molecule has 82 valence electrons. The average molecular weight is 207 g/mol. The Morgan fingerprint density at radius 1 is 1.40 bits per heavy atom. The van der Waals surface area contributed by atoms with E-state index >= 15 is 0 Å². The summed E-state index contributed by atoms with van der Waals surface area (Å²) in [5, 5.41) is 3.52. The van der Waals surface area contributed by atoms with Gasteiger partial charge < -0.3 is 5.32 Å². The van der Waals surface area contributed by atoms with Crippen molar-refractivity contribution >= 4 is 0 Å². The summed E-state index contributed by atoms with van der Waals surface area (Å²) in [5.74, 6) is -0.132. The van der Waals surface area contributed by atoms with Crippen molar-refractivity contribution in [2.45, 2.75) is 38.6 Å². The van der Waals surface area contributed by atoms with Gasteiger partial charge in [0.1, 0.15) is 5.82 Å². The van der Waals surface area contributed by atoms with E-state index in [0.29, 0.717) is 6.04 Å². The molecule has 0 amide bonds. The molecule has 2 heteroatoms. The van der Waals surface area contributed by atoms with E-state index in [2.05, 4.69) is 5.32 Å². The highest BCUT2D eigenvalue weighted by Gasteiger charge is 2.13. The Labute approximate surface area is 90.7 Å². The van der Waals surface area contributed by atoms with Gasteiger partial charge in [-0.05, 0) is 56.0 Å². The number of aryl methyl sites for hydroxylation is 1. The van der Waals surface area contributed by atoms with Gasteiger partial charge in [-0.1, -0.05) is 12.5 Å². The largest absolute Gasteiger partial charge is 0.314 e. The van der Waals surface area contributed by atoms with Crippen LogP contribution in [0.2, 0.25) is 0 Å². The molecule has 0 radical (unpaired) electrons. The highest BCUT2D eigenvalue weighted by molar-refractivity contribution is 5.27. The SMILES string of the molecule is Cc1cc(F)ccc1CC1CCCCN1. The summed E-state index contributed by atoms with van der Waals surface area (Å²) in [7, 11) is 0. The van der Waals surface area contributed by atoms with E-state index in [0.717, 1.165) is 18.5 Å². The molecule has 1 heterocycles. The quantitative estimate of drug-likeness (QED) is 0.786. The third-order valence-electron chi connectivity index (χ3n) is 3.18. The lowest BCUT2D eigenvalue weighted by Crippen LogP contribution is -2.35. The van der Waals surface area contributed by atoms with Gasteiger partial charge in [-0.25, -0.2) is 4.39 Å². The lowest BCUT2D eigenvalue weighted by atomic mass is 9.95. The number of halogens is 1. The van der Waals surface area contributed by atoms with E-state index in [1.165, 1.54) is 24.8 Å². The van der Waals surface area contributed by atoms with Crippen molar-refractivity contribution in [3.05, 3.63) is 35.1 Å². The first-order valence-electron chi connectivity index (χ1n) is 5.74. The van der Waals surface area contributed by atoms with Gasteiger partial charge in [-0.2, -0.15) is 0 Å². The Hall–Kier alpha value is -0.890. The Bertz CT molecular complexity index is 329. The summed E-state index contributed by atoms with van der Waals surface area (Å²) in [6.07, 6.45) is 4.89. The number of hydrogen-bond donors (Lipinski definition) is 1. The lowest BCUT2D eigenvalue weighted by molar-refractivity contribution is 0.399. The summed E-state index contributed by atoms with van der Waals surface area (Å²) in [6.45, 7) is 3.12. The van der Waals surface area contributed by atoms with Crippen LogP contribution in [0.15, 0.2) is 18.2 Å². The van der Waals surface area contributed by atoms with E-state index in [9.17, 15) is 4.39 Å². The van der Waals surface area contributed by atoms with Crippen molar-refractivity contribution in [3.8, 4) is 0 Å². The van der Waals surface area contributed by atoms with E-state index in [-0.39, 0.29) is 5.82 Å². The van der Waals surface area contributed by atoms with Gasteiger partial charge in [0.05, 0.1) is 0 Å².